The SMILES string of the molecule is CN(C)C(=O)NCCNC1CCCCC1CN. The number of hydrogen-bond acceptors (Lipinski definition) is 3. The third-order valence-corrected chi connectivity index (χ3v) is 3.43. The molecule has 1 aliphatic rings. The summed E-state index contributed by atoms with van der Waals surface area (Å²) < 4.78 is 0. The van der Waals surface area contributed by atoms with Crippen molar-refractivity contribution in [3.05, 3.63) is 0 Å². The molecule has 0 aliphatic heterocycles. The first-order valence-electron chi connectivity index (χ1n) is 6.53. The number of nitrogens with one attached hydrogen (secondary N) is 2. The Morgan fingerprint density at radius 3 is 2.65 bits per heavy atom. The number of nitrogens with zero attached hydrogens (tertiary/aromatic N) is 1. The van der Waals surface area contributed by atoms with Crippen LogP contribution >= 0.6 is 0 Å². The Morgan fingerprint density at radius 1 is 1.29 bits per heavy atom. The molecule has 1 aliphatic carbocycles. The van der Waals surface area contributed by atoms with Crippen LogP contribution in [0.1, 0.15) is 25.7 Å². The van der Waals surface area contributed by atoms with Gasteiger partial charge in [-0.05, 0) is 25.3 Å². The summed E-state index contributed by atoms with van der Waals surface area (Å²) in [4.78, 5) is 12.8. The highest BCUT2D eigenvalue weighted by atomic mass is 16.2. The topological polar surface area (TPSA) is 70.4 Å². The number of urea groups is 1. The van der Waals surface area contributed by atoms with Crippen LogP contribution in [0.2, 0.25) is 0 Å². The average molecular weight is 242 g/mol. The van der Waals surface area contributed by atoms with E-state index in [1.54, 1.807) is 19.0 Å². The van der Waals surface area contributed by atoms with Crippen molar-refractivity contribution in [2.45, 2.75) is 31.7 Å². The number of carbonyl (C=O) groups excluding carboxylic acids is 1. The lowest BCUT2D eigenvalue weighted by Gasteiger charge is -2.31. The molecule has 0 spiro atoms. The van der Waals surface area contributed by atoms with Crippen LogP contribution in [0.4, 0.5) is 4.79 Å². The second-order valence-corrected chi connectivity index (χ2v) is 4.97. The molecule has 2 unspecified atom stereocenters. The molecular weight excluding hydrogens is 216 g/mol. The minimum Gasteiger partial charge on any atom is -0.337 e. The predicted molar refractivity (Wildman–Crippen MR) is 69.9 cm³/mol. The molecule has 2 atom stereocenters. The summed E-state index contributed by atoms with van der Waals surface area (Å²) in [7, 11) is 3.49. The second-order valence-electron chi connectivity index (χ2n) is 4.97. The summed E-state index contributed by atoms with van der Waals surface area (Å²) in [5.74, 6) is 0.605. The first-order valence-corrected chi connectivity index (χ1v) is 6.53. The van der Waals surface area contributed by atoms with Crippen molar-refractivity contribution in [1.29, 1.82) is 0 Å². The Labute approximate surface area is 104 Å². The lowest BCUT2D eigenvalue weighted by Crippen LogP contribution is -2.45. The monoisotopic (exact) mass is 242 g/mol. The summed E-state index contributed by atoms with van der Waals surface area (Å²) in [6.07, 6.45) is 5.04. The lowest BCUT2D eigenvalue weighted by atomic mass is 9.84. The summed E-state index contributed by atoms with van der Waals surface area (Å²) in [6, 6.07) is 0.496. The van der Waals surface area contributed by atoms with Crippen LogP contribution < -0.4 is 16.4 Å². The van der Waals surface area contributed by atoms with Crippen LogP contribution in [0.25, 0.3) is 0 Å². The summed E-state index contributed by atoms with van der Waals surface area (Å²) in [5.41, 5.74) is 5.77. The van der Waals surface area contributed by atoms with Crippen molar-refractivity contribution in [1.82, 2.24) is 15.5 Å². The predicted octanol–water partition coefficient (Wildman–Crippen LogP) is 0.365. The largest absolute Gasteiger partial charge is 0.337 e. The third-order valence-electron chi connectivity index (χ3n) is 3.43. The zero-order valence-electron chi connectivity index (χ0n) is 11.0. The zero-order chi connectivity index (χ0) is 12.7. The average Bonchev–Trinajstić information content (AvgIpc) is 2.34. The highest BCUT2D eigenvalue weighted by molar-refractivity contribution is 5.73. The summed E-state index contributed by atoms with van der Waals surface area (Å²) in [5, 5.41) is 6.35. The summed E-state index contributed by atoms with van der Waals surface area (Å²) in [6.45, 7) is 2.26. The van der Waals surface area contributed by atoms with Crippen LogP contribution in [0.5, 0.6) is 0 Å². The van der Waals surface area contributed by atoms with Gasteiger partial charge in [-0.15, -0.1) is 0 Å². The Bertz CT molecular complexity index is 233. The molecule has 0 aromatic carbocycles. The first kappa shape index (κ1) is 14.3. The van der Waals surface area contributed by atoms with Gasteiger partial charge in [0.1, 0.15) is 0 Å². The van der Waals surface area contributed by atoms with Crippen molar-refractivity contribution in [3.63, 3.8) is 0 Å². The molecule has 0 aromatic rings. The van der Waals surface area contributed by atoms with E-state index in [1.807, 2.05) is 0 Å². The van der Waals surface area contributed by atoms with E-state index >= 15 is 0 Å². The van der Waals surface area contributed by atoms with Gasteiger partial charge in [-0.1, -0.05) is 12.8 Å². The van der Waals surface area contributed by atoms with Gasteiger partial charge in [-0.3, -0.25) is 0 Å². The molecule has 0 radical (unpaired) electrons. The van der Waals surface area contributed by atoms with Gasteiger partial charge in [0.05, 0.1) is 0 Å². The molecule has 1 fully saturated rings. The number of carbonyl (C=O) groups is 1. The fraction of sp³-hybridized carbons (Fsp3) is 0.917. The minimum atomic E-state index is -0.0363. The van der Waals surface area contributed by atoms with Crippen LogP contribution in [-0.4, -0.2) is 50.7 Å². The first-order chi connectivity index (χ1) is 8.15. The van der Waals surface area contributed by atoms with E-state index in [9.17, 15) is 4.79 Å². The maximum atomic E-state index is 11.3. The molecular formula is C12H26N4O. The van der Waals surface area contributed by atoms with E-state index in [0.29, 0.717) is 18.5 Å². The Balaban J connectivity index is 2.14. The zero-order valence-corrected chi connectivity index (χ0v) is 11.0. The van der Waals surface area contributed by atoms with Gasteiger partial charge < -0.3 is 21.3 Å². The van der Waals surface area contributed by atoms with E-state index in [1.165, 1.54) is 25.7 Å². The van der Waals surface area contributed by atoms with E-state index in [-0.39, 0.29) is 6.03 Å². The number of nitrogens with two attached hydrogens (primary N) is 1. The molecule has 0 aromatic heterocycles. The van der Waals surface area contributed by atoms with Crippen molar-refractivity contribution in [2.24, 2.45) is 11.7 Å². The van der Waals surface area contributed by atoms with E-state index < -0.39 is 0 Å². The van der Waals surface area contributed by atoms with Crippen LogP contribution in [-0.2, 0) is 0 Å². The van der Waals surface area contributed by atoms with Crippen LogP contribution in [0.3, 0.4) is 0 Å². The van der Waals surface area contributed by atoms with Crippen molar-refractivity contribution in [2.75, 3.05) is 33.7 Å². The van der Waals surface area contributed by atoms with Gasteiger partial charge in [0, 0.05) is 33.2 Å². The van der Waals surface area contributed by atoms with Crippen molar-refractivity contribution < 1.29 is 4.79 Å². The quantitative estimate of drug-likeness (QED) is 0.610. The number of rotatable bonds is 5. The molecule has 5 nitrogen and oxygen atoms in total. The van der Waals surface area contributed by atoms with Crippen molar-refractivity contribution >= 4 is 6.03 Å². The third kappa shape index (κ3) is 4.91. The Hall–Kier alpha value is -0.810. The second kappa shape index (κ2) is 7.50. The lowest BCUT2D eigenvalue weighted by molar-refractivity contribution is 0.216. The molecule has 17 heavy (non-hydrogen) atoms. The number of amides is 2. The fourth-order valence-corrected chi connectivity index (χ4v) is 2.34. The molecule has 100 valence electrons. The molecule has 2 amide bonds. The molecule has 5 heteroatoms. The van der Waals surface area contributed by atoms with E-state index in [4.69, 9.17) is 5.73 Å². The van der Waals surface area contributed by atoms with E-state index in [2.05, 4.69) is 10.6 Å². The van der Waals surface area contributed by atoms with Crippen LogP contribution in [0, 0.1) is 5.92 Å². The smallest absolute Gasteiger partial charge is 0.316 e. The van der Waals surface area contributed by atoms with Gasteiger partial charge in [0.2, 0.25) is 0 Å². The van der Waals surface area contributed by atoms with Gasteiger partial charge in [-0.2, -0.15) is 0 Å². The summed E-state index contributed by atoms with van der Waals surface area (Å²) >= 11 is 0. The maximum Gasteiger partial charge on any atom is 0.316 e. The van der Waals surface area contributed by atoms with Gasteiger partial charge in [0.15, 0.2) is 0 Å². The van der Waals surface area contributed by atoms with Gasteiger partial charge in [0.25, 0.3) is 0 Å². The standard InChI is InChI=1S/C12H26N4O/c1-16(2)12(17)15-8-7-14-11-6-4-3-5-10(11)9-13/h10-11,14H,3-9,13H2,1-2H3,(H,15,17). The number of hydrogen-bond donors (Lipinski definition) is 3. The van der Waals surface area contributed by atoms with Crippen molar-refractivity contribution in [3.8, 4) is 0 Å². The molecule has 1 saturated carbocycles. The molecule has 1 rings (SSSR count). The van der Waals surface area contributed by atoms with E-state index in [0.717, 1.165) is 13.1 Å². The molecule has 0 bridgehead atoms. The molecule has 0 saturated heterocycles. The highest BCUT2D eigenvalue weighted by Crippen LogP contribution is 2.23. The van der Waals surface area contributed by atoms with Gasteiger partial charge >= 0.3 is 6.03 Å². The highest BCUT2D eigenvalue weighted by Gasteiger charge is 2.22. The van der Waals surface area contributed by atoms with Crippen LogP contribution in [0.15, 0.2) is 0 Å². The fourth-order valence-electron chi connectivity index (χ4n) is 2.34. The van der Waals surface area contributed by atoms with Gasteiger partial charge in [-0.25, -0.2) is 4.79 Å². The Kier molecular flexibility index (Phi) is 6.29. The normalized spacial score (nSPS) is 24.4. The minimum absolute atomic E-state index is 0.0363. The molecule has 4 N–H and O–H groups in total. The Morgan fingerprint density at radius 2 is 2.00 bits per heavy atom. The maximum absolute atomic E-state index is 11.3. The molecule has 0 heterocycles.